The van der Waals surface area contributed by atoms with E-state index in [1.54, 1.807) is 10.7 Å². The Morgan fingerprint density at radius 2 is 1.70 bits per heavy atom. The Hall–Kier alpha value is -2.80. The zero-order chi connectivity index (χ0) is 21.3. The molecule has 2 heterocycles. The van der Waals surface area contributed by atoms with E-state index in [0.29, 0.717) is 11.4 Å². The van der Waals surface area contributed by atoms with Crippen molar-refractivity contribution in [1.29, 1.82) is 0 Å². The zero-order valence-electron chi connectivity index (χ0n) is 18.1. The minimum absolute atomic E-state index is 0.0977. The van der Waals surface area contributed by atoms with Crippen LogP contribution in [0.15, 0.2) is 42.5 Å². The molecular weight excluding hydrogens is 379 g/mol. The summed E-state index contributed by atoms with van der Waals surface area (Å²) in [6, 6.07) is 13.3. The Labute approximate surface area is 177 Å². The first-order chi connectivity index (χ1) is 14.5. The van der Waals surface area contributed by atoms with Crippen LogP contribution in [-0.2, 0) is 0 Å². The van der Waals surface area contributed by atoms with Crippen molar-refractivity contribution < 1.29 is 4.39 Å². The van der Waals surface area contributed by atoms with Crippen LogP contribution in [0.5, 0.6) is 0 Å². The Morgan fingerprint density at radius 3 is 2.40 bits per heavy atom. The number of aromatic nitrogens is 4. The Balaban J connectivity index is 1.64. The topological polar surface area (TPSA) is 50.1 Å². The SMILES string of the molecule is Cc1ccc(C)c(N2CCN([C@H](c3ccccc3F)c3nnnn3C(C)C)CC2)c1. The molecule has 1 atom stereocenters. The maximum Gasteiger partial charge on any atom is 0.173 e. The van der Waals surface area contributed by atoms with Gasteiger partial charge in [0.1, 0.15) is 11.9 Å². The second kappa shape index (κ2) is 8.52. The van der Waals surface area contributed by atoms with Crippen LogP contribution in [0.1, 0.15) is 48.4 Å². The second-order valence-corrected chi connectivity index (χ2v) is 8.31. The van der Waals surface area contributed by atoms with Crippen LogP contribution in [0.2, 0.25) is 0 Å². The van der Waals surface area contributed by atoms with Gasteiger partial charge >= 0.3 is 0 Å². The minimum Gasteiger partial charge on any atom is -0.369 e. The summed E-state index contributed by atoms with van der Waals surface area (Å²) in [6.45, 7) is 11.7. The number of halogens is 1. The summed E-state index contributed by atoms with van der Waals surface area (Å²) < 4.78 is 16.6. The first-order valence-corrected chi connectivity index (χ1v) is 10.5. The molecule has 6 nitrogen and oxygen atoms in total. The molecule has 1 aliphatic rings. The third-order valence-corrected chi connectivity index (χ3v) is 5.84. The maximum atomic E-state index is 14.8. The lowest BCUT2D eigenvalue weighted by Crippen LogP contribution is -2.48. The molecule has 0 bridgehead atoms. The van der Waals surface area contributed by atoms with Crippen molar-refractivity contribution in [3.8, 4) is 0 Å². The van der Waals surface area contributed by atoms with Crippen molar-refractivity contribution in [3.05, 3.63) is 70.8 Å². The fourth-order valence-corrected chi connectivity index (χ4v) is 4.23. The van der Waals surface area contributed by atoms with Gasteiger partial charge in [0.15, 0.2) is 5.82 Å². The summed E-state index contributed by atoms with van der Waals surface area (Å²) in [5.41, 5.74) is 4.44. The van der Waals surface area contributed by atoms with Gasteiger partial charge in [-0.3, -0.25) is 4.90 Å². The van der Waals surface area contributed by atoms with E-state index in [0.717, 1.165) is 26.2 Å². The molecule has 0 N–H and O–H groups in total. The summed E-state index contributed by atoms with van der Waals surface area (Å²) in [4.78, 5) is 4.72. The van der Waals surface area contributed by atoms with Gasteiger partial charge in [-0.2, -0.15) is 0 Å². The van der Waals surface area contributed by atoms with E-state index in [4.69, 9.17) is 0 Å². The largest absolute Gasteiger partial charge is 0.369 e. The van der Waals surface area contributed by atoms with Crippen molar-refractivity contribution in [1.82, 2.24) is 25.1 Å². The molecule has 1 saturated heterocycles. The number of rotatable bonds is 5. The van der Waals surface area contributed by atoms with Gasteiger partial charge in [0.05, 0.1) is 6.04 Å². The highest BCUT2D eigenvalue weighted by Crippen LogP contribution is 2.32. The first-order valence-electron chi connectivity index (χ1n) is 10.5. The quantitative estimate of drug-likeness (QED) is 0.640. The number of nitrogens with zero attached hydrogens (tertiary/aromatic N) is 6. The summed E-state index contributed by atoms with van der Waals surface area (Å²) in [7, 11) is 0. The molecule has 4 rings (SSSR count). The number of aryl methyl sites for hydroxylation is 2. The molecule has 0 aliphatic carbocycles. The Kier molecular flexibility index (Phi) is 5.81. The number of hydrogen-bond acceptors (Lipinski definition) is 5. The summed E-state index contributed by atoms with van der Waals surface area (Å²) in [6.07, 6.45) is 0. The molecule has 0 amide bonds. The van der Waals surface area contributed by atoms with Crippen LogP contribution in [-0.4, -0.2) is 51.3 Å². The molecule has 3 aromatic rings. The lowest BCUT2D eigenvalue weighted by Gasteiger charge is -2.40. The number of anilines is 1. The number of hydrogen-bond donors (Lipinski definition) is 0. The third-order valence-electron chi connectivity index (χ3n) is 5.84. The molecule has 2 aromatic carbocycles. The molecule has 0 radical (unpaired) electrons. The maximum absolute atomic E-state index is 14.8. The Bertz CT molecular complexity index is 1010. The lowest BCUT2D eigenvalue weighted by molar-refractivity contribution is 0.195. The predicted molar refractivity (Wildman–Crippen MR) is 116 cm³/mol. The predicted octanol–water partition coefficient (Wildman–Crippen LogP) is 3.92. The zero-order valence-corrected chi connectivity index (χ0v) is 18.1. The minimum atomic E-state index is -0.315. The van der Waals surface area contributed by atoms with Crippen molar-refractivity contribution in [2.75, 3.05) is 31.1 Å². The fourth-order valence-electron chi connectivity index (χ4n) is 4.23. The fraction of sp³-hybridized carbons (Fsp3) is 0.435. The van der Waals surface area contributed by atoms with Crippen LogP contribution in [0.4, 0.5) is 10.1 Å². The van der Waals surface area contributed by atoms with Gasteiger partial charge in [-0.25, -0.2) is 9.07 Å². The standard InChI is InChI=1S/C23H29FN6/c1-16(2)30-23(25-26-27-30)22(19-7-5-6-8-20(19)24)29-13-11-28(12-14-29)21-15-17(3)9-10-18(21)4/h5-10,15-16,22H,11-14H2,1-4H3/t22-/m1/s1. The molecular formula is C23H29FN6. The van der Waals surface area contributed by atoms with Gasteiger partial charge in [0.25, 0.3) is 0 Å². The smallest absolute Gasteiger partial charge is 0.173 e. The highest BCUT2D eigenvalue weighted by atomic mass is 19.1. The molecule has 0 saturated carbocycles. The second-order valence-electron chi connectivity index (χ2n) is 8.31. The molecule has 7 heteroatoms. The average Bonchev–Trinajstić information content (AvgIpc) is 3.22. The van der Waals surface area contributed by atoms with Gasteiger partial charge in [-0.15, -0.1) is 5.10 Å². The van der Waals surface area contributed by atoms with Crippen molar-refractivity contribution >= 4 is 5.69 Å². The molecule has 0 unspecified atom stereocenters. The van der Waals surface area contributed by atoms with E-state index in [1.165, 1.54) is 22.9 Å². The van der Waals surface area contributed by atoms with E-state index in [-0.39, 0.29) is 17.9 Å². The third kappa shape index (κ3) is 3.94. The van der Waals surface area contributed by atoms with Crippen LogP contribution in [0.25, 0.3) is 0 Å². The van der Waals surface area contributed by atoms with Crippen molar-refractivity contribution in [2.24, 2.45) is 0 Å². The van der Waals surface area contributed by atoms with Gasteiger partial charge in [-0.1, -0.05) is 30.3 Å². The van der Waals surface area contributed by atoms with Crippen LogP contribution in [0, 0.1) is 19.7 Å². The summed E-state index contributed by atoms with van der Waals surface area (Å²) in [5.74, 6) is 0.466. The Morgan fingerprint density at radius 1 is 0.967 bits per heavy atom. The van der Waals surface area contributed by atoms with Gasteiger partial charge < -0.3 is 4.90 Å². The van der Waals surface area contributed by atoms with Gasteiger partial charge in [0, 0.05) is 37.4 Å². The van der Waals surface area contributed by atoms with Crippen molar-refractivity contribution in [3.63, 3.8) is 0 Å². The molecule has 0 spiro atoms. The van der Waals surface area contributed by atoms with Crippen LogP contribution >= 0.6 is 0 Å². The molecule has 1 fully saturated rings. The molecule has 1 aromatic heterocycles. The highest BCUT2D eigenvalue weighted by Gasteiger charge is 2.33. The van der Waals surface area contributed by atoms with Crippen molar-refractivity contribution in [2.45, 2.75) is 39.8 Å². The van der Waals surface area contributed by atoms with Gasteiger partial charge in [0.2, 0.25) is 0 Å². The summed E-state index contributed by atoms with van der Waals surface area (Å²) >= 11 is 0. The summed E-state index contributed by atoms with van der Waals surface area (Å²) in [5, 5.41) is 12.4. The monoisotopic (exact) mass is 408 g/mol. The normalized spacial score (nSPS) is 16.3. The van der Waals surface area contributed by atoms with E-state index >= 15 is 0 Å². The molecule has 30 heavy (non-hydrogen) atoms. The number of tetrazole rings is 1. The average molecular weight is 409 g/mol. The molecule has 158 valence electrons. The van der Waals surface area contributed by atoms with Crippen LogP contribution < -0.4 is 4.90 Å². The van der Waals surface area contributed by atoms with Crippen LogP contribution in [0.3, 0.4) is 0 Å². The van der Waals surface area contributed by atoms with E-state index in [9.17, 15) is 4.39 Å². The molecule has 1 aliphatic heterocycles. The van der Waals surface area contributed by atoms with E-state index in [1.807, 2.05) is 26.0 Å². The van der Waals surface area contributed by atoms with Gasteiger partial charge in [-0.05, 0) is 61.4 Å². The lowest BCUT2D eigenvalue weighted by atomic mass is 10.0. The highest BCUT2D eigenvalue weighted by molar-refractivity contribution is 5.55. The number of piperazine rings is 1. The first kappa shape index (κ1) is 20.5. The van der Waals surface area contributed by atoms with E-state index < -0.39 is 0 Å². The van der Waals surface area contributed by atoms with E-state index in [2.05, 4.69) is 57.4 Å². The number of benzene rings is 2.